The van der Waals surface area contributed by atoms with Crippen molar-refractivity contribution in [3.05, 3.63) is 46.7 Å². The zero-order valence-electron chi connectivity index (χ0n) is 14.5. The van der Waals surface area contributed by atoms with Crippen molar-refractivity contribution in [3.63, 3.8) is 0 Å². The molecule has 0 radical (unpaired) electrons. The summed E-state index contributed by atoms with van der Waals surface area (Å²) in [5.41, 5.74) is 8.39. The molecule has 136 valence electrons. The summed E-state index contributed by atoms with van der Waals surface area (Å²) < 4.78 is 1.75. The molecule has 7 heteroatoms. The molecule has 1 aromatic carbocycles. The van der Waals surface area contributed by atoms with Crippen LogP contribution in [0.5, 0.6) is 0 Å². The Balaban J connectivity index is 0.00000225. The molecule has 1 aliphatic rings. The number of carbonyl (C=O) groups is 1. The maximum Gasteiger partial charge on any atom is 0.257 e. The van der Waals surface area contributed by atoms with Crippen LogP contribution in [0.4, 0.5) is 0 Å². The fraction of sp³-hybridized carbons (Fsp3) is 0.444. The van der Waals surface area contributed by atoms with Gasteiger partial charge in [0.2, 0.25) is 0 Å². The summed E-state index contributed by atoms with van der Waals surface area (Å²) >= 11 is 6.06. The number of carbonyl (C=O) groups excluding carboxylic acids is 1. The van der Waals surface area contributed by atoms with Crippen LogP contribution in [0.1, 0.15) is 42.2 Å². The van der Waals surface area contributed by atoms with Gasteiger partial charge in [-0.1, -0.05) is 17.7 Å². The van der Waals surface area contributed by atoms with Crippen molar-refractivity contribution in [1.82, 2.24) is 14.7 Å². The monoisotopic (exact) mass is 382 g/mol. The van der Waals surface area contributed by atoms with E-state index < -0.39 is 0 Å². The fourth-order valence-electron chi connectivity index (χ4n) is 3.40. The highest BCUT2D eigenvalue weighted by molar-refractivity contribution is 6.30. The van der Waals surface area contributed by atoms with Gasteiger partial charge in [-0.25, -0.2) is 4.68 Å². The van der Waals surface area contributed by atoms with Crippen molar-refractivity contribution in [2.75, 3.05) is 6.54 Å². The van der Waals surface area contributed by atoms with Gasteiger partial charge in [0.15, 0.2) is 0 Å². The Hall–Kier alpha value is -1.56. The first-order chi connectivity index (χ1) is 11.5. The highest BCUT2D eigenvalue weighted by atomic mass is 35.5. The average molecular weight is 383 g/mol. The number of benzene rings is 1. The average Bonchev–Trinajstić information content (AvgIpc) is 2.95. The molecule has 1 aliphatic heterocycles. The SMILES string of the molecule is Cc1c(C(=O)N2CCCCC2C(C)N)cnn1-c1cccc(Cl)c1.Cl. The van der Waals surface area contributed by atoms with Gasteiger partial charge in [-0.2, -0.15) is 5.10 Å². The molecule has 1 saturated heterocycles. The Bertz CT molecular complexity index is 744. The predicted octanol–water partition coefficient (Wildman–Crippen LogP) is 3.60. The summed E-state index contributed by atoms with van der Waals surface area (Å²) in [4.78, 5) is 15.0. The normalized spacial score (nSPS) is 18.6. The number of amides is 1. The minimum absolute atomic E-state index is 0. The second kappa shape index (κ2) is 8.21. The first kappa shape index (κ1) is 19.8. The lowest BCUT2D eigenvalue weighted by molar-refractivity contribution is 0.0583. The third-order valence-electron chi connectivity index (χ3n) is 4.71. The number of likely N-dealkylation sites (tertiary alicyclic amines) is 1. The number of hydrogen-bond donors (Lipinski definition) is 1. The smallest absolute Gasteiger partial charge is 0.257 e. The van der Waals surface area contributed by atoms with Gasteiger partial charge in [-0.3, -0.25) is 4.79 Å². The molecule has 1 aromatic heterocycles. The largest absolute Gasteiger partial charge is 0.334 e. The van der Waals surface area contributed by atoms with E-state index >= 15 is 0 Å². The molecule has 5 nitrogen and oxygen atoms in total. The Morgan fingerprint density at radius 1 is 1.40 bits per heavy atom. The number of nitrogens with zero attached hydrogens (tertiary/aromatic N) is 3. The first-order valence-corrected chi connectivity index (χ1v) is 8.74. The van der Waals surface area contributed by atoms with Crippen molar-refractivity contribution < 1.29 is 4.79 Å². The third-order valence-corrected chi connectivity index (χ3v) is 4.95. The second-order valence-electron chi connectivity index (χ2n) is 6.46. The van der Waals surface area contributed by atoms with Gasteiger partial charge in [-0.05, 0) is 51.3 Å². The van der Waals surface area contributed by atoms with Crippen molar-refractivity contribution in [2.24, 2.45) is 5.73 Å². The number of hydrogen-bond acceptors (Lipinski definition) is 3. The molecule has 1 amide bonds. The molecule has 25 heavy (non-hydrogen) atoms. The van der Waals surface area contributed by atoms with Crippen LogP contribution in [0.2, 0.25) is 5.02 Å². The Morgan fingerprint density at radius 2 is 2.16 bits per heavy atom. The minimum atomic E-state index is -0.0301. The zero-order valence-corrected chi connectivity index (χ0v) is 16.1. The molecule has 2 heterocycles. The van der Waals surface area contributed by atoms with Gasteiger partial charge in [0, 0.05) is 23.7 Å². The molecule has 0 bridgehead atoms. The van der Waals surface area contributed by atoms with E-state index in [0.29, 0.717) is 10.6 Å². The lowest BCUT2D eigenvalue weighted by Crippen LogP contribution is -2.51. The summed E-state index contributed by atoms with van der Waals surface area (Å²) in [5, 5.41) is 5.03. The summed E-state index contributed by atoms with van der Waals surface area (Å²) in [6.45, 7) is 4.64. The van der Waals surface area contributed by atoms with Crippen molar-refractivity contribution in [3.8, 4) is 5.69 Å². The Morgan fingerprint density at radius 3 is 2.84 bits per heavy atom. The number of aromatic nitrogens is 2. The van der Waals surface area contributed by atoms with Crippen LogP contribution in [0.25, 0.3) is 5.69 Å². The lowest BCUT2D eigenvalue weighted by Gasteiger charge is -2.38. The number of halogens is 2. The standard InChI is InChI=1S/C18H23ClN4O.ClH/c1-12(20)17-8-3-4-9-22(17)18(24)16-11-21-23(13(16)2)15-7-5-6-14(19)10-15;/h5-7,10-12,17H,3-4,8-9,20H2,1-2H3;1H. The van der Waals surface area contributed by atoms with Gasteiger partial charge in [0.05, 0.1) is 23.1 Å². The first-order valence-electron chi connectivity index (χ1n) is 8.36. The van der Waals surface area contributed by atoms with Crippen LogP contribution in [-0.4, -0.2) is 39.2 Å². The van der Waals surface area contributed by atoms with Crippen molar-refractivity contribution in [2.45, 2.75) is 45.2 Å². The summed E-state index contributed by atoms with van der Waals surface area (Å²) in [6.07, 6.45) is 4.75. The zero-order chi connectivity index (χ0) is 17.3. The Kier molecular flexibility index (Phi) is 6.49. The van der Waals surface area contributed by atoms with E-state index in [-0.39, 0.29) is 30.4 Å². The number of nitrogens with two attached hydrogens (primary N) is 1. The van der Waals surface area contributed by atoms with Gasteiger partial charge in [0.1, 0.15) is 0 Å². The summed E-state index contributed by atoms with van der Waals surface area (Å²) in [6, 6.07) is 7.51. The molecular formula is C18H24Cl2N4O. The van der Waals surface area contributed by atoms with E-state index in [0.717, 1.165) is 37.2 Å². The van der Waals surface area contributed by atoms with Gasteiger partial charge in [-0.15, -0.1) is 12.4 Å². The molecule has 0 aliphatic carbocycles. The van der Waals surface area contributed by atoms with Crippen LogP contribution in [0.3, 0.4) is 0 Å². The van der Waals surface area contributed by atoms with Crippen LogP contribution in [0, 0.1) is 6.92 Å². The Labute approximate surface area is 159 Å². The van der Waals surface area contributed by atoms with E-state index in [2.05, 4.69) is 5.10 Å². The fourth-order valence-corrected chi connectivity index (χ4v) is 3.58. The van der Waals surface area contributed by atoms with E-state index in [1.54, 1.807) is 10.9 Å². The van der Waals surface area contributed by atoms with Crippen molar-refractivity contribution in [1.29, 1.82) is 0 Å². The molecular weight excluding hydrogens is 359 g/mol. The van der Waals surface area contributed by atoms with E-state index in [1.807, 2.05) is 43.0 Å². The van der Waals surface area contributed by atoms with E-state index in [1.165, 1.54) is 0 Å². The quantitative estimate of drug-likeness (QED) is 0.881. The number of piperidine rings is 1. The minimum Gasteiger partial charge on any atom is -0.334 e. The summed E-state index contributed by atoms with van der Waals surface area (Å²) in [5.74, 6) is 0.0165. The van der Waals surface area contributed by atoms with Gasteiger partial charge in [0.25, 0.3) is 5.91 Å². The van der Waals surface area contributed by atoms with Crippen LogP contribution >= 0.6 is 24.0 Å². The highest BCUT2D eigenvalue weighted by Gasteiger charge is 2.31. The lowest BCUT2D eigenvalue weighted by atomic mass is 9.96. The van der Waals surface area contributed by atoms with E-state index in [4.69, 9.17) is 17.3 Å². The maximum absolute atomic E-state index is 13.0. The summed E-state index contributed by atoms with van der Waals surface area (Å²) in [7, 11) is 0. The topological polar surface area (TPSA) is 64.2 Å². The van der Waals surface area contributed by atoms with Gasteiger partial charge < -0.3 is 10.6 Å². The number of rotatable bonds is 3. The maximum atomic E-state index is 13.0. The predicted molar refractivity (Wildman–Crippen MR) is 103 cm³/mol. The van der Waals surface area contributed by atoms with Crippen LogP contribution in [-0.2, 0) is 0 Å². The molecule has 0 saturated carbocycles. The van der Waals surface area contributed by atoms with Crippen LogP contribution < -0.4 is 5.73 Å². The molecule has 0 spiro atoms. The molecule has 1 fully saturated rings. The molecule has 2 N–H and O–H groups in total. The second-order valence-corrected chi connectivity index (χ2v) is 6.89. The van der Waals surface area contributed by atoms with Crippen molar-refractivity contribution >= 4 is 29.9 Å². The third kappa shape index (κ3) is 4.00. The van der Waals surface area contributed by atoms with E-state index in [9.17, 15) is 4.79 Å². The molecule has 3 rings (SSSR count). The highest BCUT2D eigenvalue weighted by Crippen LogP contribution is 2.24. The van der Waals surface area contributed by atoms with Gasteiger partial charge >= 0.3 is 0 Å². The molecule has 2 aromatic rings. The molecule has 2 unspecified atom stereocenters. The van der Waals surface area contributed by atoms with Crippen LogP contribution in [0.15, 0.2) is 30.5 Å². The molecule has 2 atom stereocenters.